The first-order valence-electron chi connectivity index (χ1n) is 9.43. The van der Waals surface area contributed by atoms with Crippen LogP contribution in [0.25, 0.3) is 11.5 Å². The largest absolute Gasteiger partial charge is 0.471 e. The molecule has 0 spiro atoms. The second-order valence-corrected chi connectivity index (χ2v) is 7.57. The second kappa shape index (κ2) is 8.86. The molecule has 3 rings (SSSR count). The molecule has 7 nitrogen and oxygen atoms in total. The summed E-state index contributed by atoms with van der Waals surface area (Å²) in [5.74, 6) is -1.79. The van der Waals surface area contributed by atoms with Gasteiger partial charge >= 0.3 is 12.1 Å². The lowest BCUT2D eigenvalue weighted by atomic mass is 9.90. The molecule has 0 fully saturated rings. The number of nitrogens with zero attached hydrogens (tertiary/aromatic N) is 3. The summed E-state index contributed by atoms with van der Waals surface area (Å²) in [6.45, 7) is 4.01. The monoisotopic (exact) mass is 440 g/mol. The van der Waals surface area contributed by atoms with Gasteiger partial charge in [-0.05, 0) is 30.7 Å². The van der Waals surface area contributed by atoms with E-state index in [9.17, 15) is 22.4 Å². The summed E-state index contributed by atoms with van der Waals surface area (Å²) in [6.07, 6.45) is -2.76. The maximum absolute atomic E-state index is 13.1. The van der Waals surface area contributed by atoms with Crippen LogP contribution in [0.3, 0.4) is 0 Å². The molecule has 11 heteroatoms. The van der Waals surface area contributed by atoms with E-state index in [4.69, 9.17) is 4.42 Å². The van der Waals surface area contributed by atoms with E-state index in [2.05, 4.69) is 25.0 Å². The zero-order valence-electron chi connectivity index (χ0n) is 16.8. The molecular formula is C20H20F4N4O3. The van der Waals surface area contributed by atoms with Crippen LogP contribution < -0.4 is 5.32 Å². The predicted octanol–water partition coefficient (Wildman–Crippen LogP) is 4.30. The van der Waals surface area contributed by atoms with E-state index < -0.39 is 17.5 Å². The molecule has 2 heterocycles. The Morgan fingerprint density at radius 3 is 2.48 bits per heavy atom. The quantitative estimate of drug-likeness (QED) is 0.525. The Hall–Kier alpha value is -3.24. The molecule has 0 aliphatic heterocycles. The molecule has 0 saturated heterocycles. The van der Waals surface area contributed by atoms with Crippen molar-refractivity contribution in [3.63, 3.8) is 0 Å². The number of hydrogen-bond acceptors (Lipinski definition) is 6. The molecule has 0 bridgehead atoms. The Kier molecular flexibility index (Phi) is 6.42. The lowest BCUT2D eigenvalue weighted by molar-refractivity contribution is -0.159. The molecule has 166 valence electrons. The third-order valence-electron chi connectivity index (χ3n) is 4.53. The second-order valence-electron chi connectivity index (χ2n) is 7.57. The minimum absolute atomic E-state index is 0.0840. The minimum atomic E-state index is -4.69. The van der Waals surface area contributed by atoms with Crippen molar-refractivity contribution in [2.24, 2.45) is 0 Å². The summed E-state index contributed by atoms with van der Waals surface area (Å²) < 4.78 is 60.0. The Morgan fingerprint density at radius 2 is 1.84 bits per heavy atom. The number of amides is 1. The highest BCUT2D eigenvalue weighted by Crippen LogP contribution is 2.28. The van der Waals surface area contributed by atoms with Gasteiger partial charge in [0.1, 0.15) is 12.1 Å². The van der Waals surface area contributed by atoms with Crippen LogP contribution in [0.15, 0.2) is 39.5 Å². The summed E-state index contributed by atoms with van der Waals surface area (Å²) in [5.41, 5.74) is 0.688. The van der Waals surface area contributed by atoms with E-state index in [0.717, 1.165) is 0 Å². The standard InChI is InChI=1S/C20H20F4N4O3/c1-19(2,14-10-30-17(26-14)12-6-8-13(21)9-7-12)11-25-16(29)5-3-4-15-27-18(31-28-15)20(22,23)24/h6-10H,3-5,11H2,1-2H3,(H,25,29). The van der Waals surface area contributed by atoms with Crippen LogP contribution in [0.4, 0.5) is 17.6 Å². The number of halogens is 4. The zero-order valence-corrected chi connectivity index (χ0v) is 16.8. The first-order valence-corrected chi connectivity index (χ1v) is 9.43. The number of rotatable bonds is 8. The first-order chi connectivity index (χ1) is 14.5. The fourth-order valence-corrected chi connectivity index (χ4v) is 2.69. The van der Waals surface area contributed by atoms with Gasteiger partial charge in [0, 0.05) is 30.4 Å². The first kappa shape index (κ1) is 22.4. The topological polar surface area (TPSA) is 94.1 Å². The number of aromatic nitrogens is 3. The van der Waals surface area contributed by atoms with Crippen molar-refractivity contribution in [3.05, 3.63) is 53.8 Å². The van der Waals surface area contributed by atoms with E-state index in [1.165, 1.54) is 18.4 Å². The van der Waals surface area contributed by atoms with Crippen LogP contribution in [-0.4, -0.2) is 27.6 Å². The number of benzene rings is 1. The van der Waals surface area contributed by atoms with Crippen LogP contribution in [-0.2, 0) is 22.8 Å². The summed E-state index contributed by atoms with van der Waals surface area (Å²) in [7, 11) is 0. The fraction of sp³-hybridized carbons (Fsp3) is 0.400. The zero-order chi connectivity index (χ0) is 22.6. The number of carbonyl (C=O) groups is 1. The molecule has 0 saturated carbocycles. The maximum atomic E-state index is 13.1. The molecular weight excluding hydrogens is 420 g/mol. The third-order valence-corrected chi connectivity index (χ3v) is 4.53. The van der Waals surface area contributed by atoms with Gasteiger partial charge in [0.05, 0.1) is 5.69 Å². The van der Waals surface area contributed by atoms with Gasteiger partial charge in [-0.1, -0.05) is 19.0 Å². The highest BCUT2D eigenvalue weighted by atomic mass is 19.4. The molecule has 0 aliphatic carbocycles. The maximum Gasteiger partial charge on any atom is 0.471 e. The van der Waals surface area contributed by atoms with Gasteiger partial charge in [-0.2, -0.15) is 18.2 Å². The van der Waals surface area contributed by atoms with Gasteiger partial charge in [-0.3, -0.25) is 4.79 Å². The number of aryl methyl sites for hydroxylation is 1. The van der Waals surface area contributed by atoms with Gasteiger partial charge in [0.15, 0.2) is 5.82 Å². The van der Waals surface area contributed by atoms with Gasteiger partial charge in [-0.25, -0.2) is 9.37 Å². The molecule has 31 heavy (non-hydrogen) atoms. The van der Waals surface area contributed by atoms with Crippen molar-refractivity contribution in [1.29, 1.82) is 0 Å². The molecule has 1 N–H and O–H groups in total. The Morgan fingerprint density at radius 1 is 1.13 bits per heavy atom. The van der Waals surface area contributed by atoms with Crippen LogP contribution in [0, 0.1) is 5.82 Å². The van der Waals surface area contributed by atoms with Crippen molar-refractivity contribution < 1.29 is 31.3 Å². The number of hydrogen-bond donors (Lipinski definition) is 1. The van der Waals surface area contributed by atoms with Crippen molar-refractivity contribution in [2.75, 3.05) is 6.54 Å². The van der Waals surface area contributed by atoms with E-state index in [1.54, 1.807) is 12.1 Å². The highest BCUT2D eigenvalue weighted by molar-refractivity contribution is 5.76. The van der Waals surface area contributed by atoms with E-state index >= 15 is 0 Å². The van der Waals surface area contributed by atoms with Crippen LogP contribution in [0.1, 0.15) is 44.1 Å². The summed E-state index contributed by atoms with van der Waals surface area (Å²) in [5, 5.41) is 6.04. The molecule has 0 unspecified atom stereocenters. The third kappa shape index (κ3) is 5.89. The van der Waals surface area contributed by atoms with Gasteiger partial charge in [0.25, 0.3) is 0 Å². The van der Waals surface area contributed by atoms with Crippen molar-refractivity contribution in [2.45, 2.75) is 44.7 Å². The smallest absolute Gasteiger partial charge is 0.444 e. The molecule has 2 aromatic heterocycles. The van der Waals surface area contributed by atoms with Gasteiger partial charge in [0.2, 0.25) is 11.8 Å². The number of nitrogens with one attached hydrogen (secondary N) is 1. The van der Waals surface area contributed by atoms with Crippen LogP contribution >= 0.6 is 0 Å². The average Bonchev–Trinajstić information content (AvgIpc) is 3.37. The Bertz CT molecular complexity index is 1030. The number of carbonyl (C=O) groups excluding carboxylic acids is 1. The lowest BCUT2D eigenvalue weighted by Gasteiger charge is -2.22. The van der Waals surface area contributed by atoms with Crippen molar-refractivity contribution in [3.8, 4) is 11.5 Å². The molecule has 0 aliphatic rings. The Labute approximate surface area is 174 Å². The van der Waals surface area contributed by atoms with Gasteiger partial charge in [-0.15, -0.1) is 0 Å². The van der Waals surface area contributed by atoms with Crippen LogP contribution in [0.2, 0.25) is 0 Å². The normalized spacial score (nSPS) is 12.2. The van der Waals surface area contributed by atoms with Crippen molar-refractivity contribution in [1.82, 2.24) is 20.4 Å². The van der Waals surface area contributed by atoms with Gasteiger partial charge < -0.3 is 14.3 Å². The fourth-order valence-electron chi connectivity index (χ4n) is 2.69. The van der Waals surface area contributed by atoms with Crippen LogP contribution in [0.5, 0.6) is 0 Å². The molecule has 0 atom stereocenters. The van der Waals surface area contributed by atoms with E-state index in [0.29, 0.717) is 17.1 Å². The number of oxazole rings is 1. The summed E-state index contributed by atoms with van der Waals surface area (Å²) >= 11 is 0. The van der Waals surface area contributed by atoms with Crippen molar-refractivity contribution >= 4 is 5.91 Å². The molecule has 1 aromatic carbocycles. The molecule has 0 radical (unpaired) electrons. The molecule has 1 amide bonds. The predicted molar refractivity (Wildman–Crippen MR) is 100 cm³/mol. The summed E-state index contributed by atoms with van der Waals surface area (Å²) in [6, 6.07) is 5.73. The highest BCUT2D eigenvalue weighted by Gasteiger charge is 2.38. The minimum Gasteiger partial charge on any atom is -0.444 e. The summed E-state index contributed by atoms with van der Waals surface area (Å²) in [4.78, 5) is 19.8. The number of alkyl halides is 3. The lowest BCUT2D eigenvalue weighted by Crippen LogP contribution is -2.36. The molecule has 3 aromatic rings. The van der Waals surface area contributed by atoms with E-state index in [-0.39, 0.29) is 43.4 Å². The van der Waals surface area contributed by atoms with E-state index in [1.807, 2.05) is 13.8 Å². The average molecular weight is 440 g/mol. The Balaban J connectivity index is 1.48. The SMILES string of the molecule is CC(C)(CNC(=O)CCCc1noc(C(F)(F)F)n1)c1coc(-c2ccc(F)cc2)n1.